The maximum atomic E-state index is 11.8. The summed E-state index contributed by atoms with van der Waals surface area (Å²) in [5.74, 6) is 1.70. The number of sulfone groups is 1. The van der Waals surface area contributed by atoms with Gasteiger partial charge in [-0.25, -0.2) is 8.42 Å². The molecule has 0 aromatic heterocycles. The molecule has 19 heavy (non-hydrogen) atoms. The van der Waals surface area contributed by atoms with Crippen molar-refractivity contribution in [1.82, 2.24) is 10.2 Å². The van der Waals surface area contributed by atoms with Crippen molar-refractivity contribution in [1.29, 1.82) is 0 Å². The van der Waals surface area contributed by atoms with E-state index in [9.17, 15) is 8.42 Å². The Morgan fingerprint density at radius 3 is 2.79 bits per heavy atom. The van der Waals surface area contributed by atoms with Gasteiger partial charge >= 0.3 is 0 Å². The van der Waals surface area contributed by atoms with Crippen molar-refractivity contribution in [2.75, 3.05) is 44.4 Å². The molecule has 2 saturated heterocycles. The maximum Gasteiger partial charge on any atom is 0.164 e. The Morgan fingerprint density at radius 1 is 1.37 bits per heavy atom. The highest BCUT2D eigenvalue weighted by Gasteiger charge is 2.34. The lowest BCUT2D eigenvalue weighted by atomic mass is 10.2. The second-order valence-electron chi connectivity index (χ2n) is 5.37. The Labute approximate surface area is 120 Å². The number of hydrogen-bond donors (Lipinski definition) is 1. The van der Waals surface area contributed by atoms with Gasteiger partial charge in [0.15, 0.2) is 9.84 Å². The summed E-state index contributed by atoms with van der Waals surface area (Å²) in [6, 6.07) is 0. The van der Waals surface area contributed by atoms with Gasteiger partial charge in [0.2, 0.25) is 0 Å². The third kappa shape index (κ3) is 4.32. The molecule has 0 saturated carbocycles. The first-order valence-electron chi connectivity index (χ1n) is 6.81. The van der Waals surface area contributed by atoms with Gasteiger partial charge in [0.1, 0.15) is 5.37 Å². The highest BCUT2D eigenvalue weighted by atomic mass is 32.2. The Kier molecular flexibility index (Phi) is 5.54. The van der Waals surface area contributed by atoms with Gasteiger partial charge in [-0.05, 0) is 19.9 Å². The molecule has 0 aromatic carbocycles. The zero-order chi connectivity index (χ0) is 13.9. The highest BCUT2D eigenvalue weighted by Crippen LogP contribution is 2.25. The van der Waals surface area contributed by atoms with Crippen LogP contribution < -0.4 is 5.32 Å². The Hall–Kier alpha value is 0.180. The van der Waals surface area contributed by atoms with Gasteiger partial charge in [0, 0.05) is 37.4 Å². The summed E-state index contributed by atoms with van der Waals surface area (Å²) in [5.41, 5.74) is 0. The molecule has 2 rings (SSSR count). The molecular weight excluding hydrogens is 284 g/mol. The Balaban J connectivity index is 1.90. The van der Waals surface area contributed by atoms with Gasteiger partial charge in [-0.2, -0.15) is 11.8 Å². The first-order chi connectivity index (χ1) is 9.00. The number of nitrogens with zero attached hydrogens (tertiary/aromatic N) is 1. The lowest BCUT2D eigenvalue weighted by Crippen LogP contribution is -2.49. The molecule has 0 amide bonds. The van der Waals surface area contributed by atoms with E-state index in [0.29, 0.717) is 5.75 Å². The van der Waals surface area contributed by atoms with Crippen LogP contribution in [0.4, 0.5) is 0 Å². The molecule has 3 unspecified atom stereocenters. The van der Waals surface area contributed by atoms with Gasteiger partial charge < -0.3 is 10.1 Å². The van der Waals surface area contributed by atoms with Crippen molar-refractivity contribution in [3.05, 3.63) is 0 Å². The summed E-state index contributed by atoms with van der Waals surface area (Å²) in [6.45, 7) is 2.47. The van der Waals surface area contributed by atoms with E-state index in [-0.39, 0.29) is 17.6 Å². The first-order valence-corrected chi connectivity index (χ1v) is 9.92. The topological polar surface area (TPSA) is 58.6 Å². The van der Waals surface area contributed by atoms with Crippen LogP contribution in [0.3, 0.4) is 0 Å². The van der Waals surface area contributed by atoms with Gasteiger partial charge in [-0.3, -0.25) is 4.90 Å². The number of likely N-dealkylation sites (N-methyl/N-ethyl adjacent to an activating group) is 1. The number of ether oxygens (including phenoxy) is 1. The minimum Gasteiger partial charge on any atom is -0.372 e. The third-order valence-electron chi connectivity index (χ3n) is 3.75. The molecule has 0 spiro atoms. The third-order valence-corrected chi connectivity index (χ3v) is 6.44. The van der Waals surface area contributed by atoms with Gasteiger partial charge in [0.25, 0.3) is 0 Å². The lowest BCUT2D eigenvalue weighted by Gasteiger charge is -2.35. The molecule has 3 atom stereocenters. The average molecular weight is 308 g/mol. The minimum absolute atomic E-state index is 0.186. The van der Waals surface area contributed by atoms with Crippen LogP contribution in [0.5, 0.6) is 0 Å². The van der Waals surface area contributed by atoms with E-state index in [1.165, 1.54) is 6.26 Å². The number of hydrogen-bond acceptors (Lipinski definition) is 6. The quantitative estimate of drug-likeness (QED) is 0.781. The zero-order valence-electron chi connectivity index (χ0n) is 11.7. The fraction of sp³-hybridized carbons (Fsp3) is 1.00. The van der Waals surface area contributed by atoms with Crippen molar-refractivity contribution in [3.63, 3.8) is 0 Å². The van der Waals surface area contributed by atoms with E-state index in [1.54, 1.807) is 11.8 Å². The van der Waals surface area contributed by atoms with Crippen molar-refractivity contribution >= 4 is 21.6 Å². The minimum atomic E-state index is -3.00. The molecule has 5 nitrogen and oxygen atoms in total. The maximum absolute atomic E-state index is 11.8. The van der Waals surface area contributed by atoms with E-state index in [1.807, 2.05) is 7.05 Å². The summed E-state index contributed by atoms with van der Waals surface area (Å²) < 4.78 is 29.6. The fourth-order valence-electron chi connectivity index (χ4n) is 2.77. The molecule has 2 heterocycles. The van der Waals surface area contributed by atoms with Crippen LogP contribution in [-0.2, 0) is 14.6 Å². The fourth-order valence-corrected chi connectivity index (χ4v) is 5.73. The smallest absolute Gasteiger partial charge is 0.164 e. The molecule has 0 bridgehead atoms. The van der Waals surface area contributed by atoms with E-state index in [4.69, 9.17) is 4.74 Å². The second kappa shape index (κ2) is 6.76. The highest BCUT2D eigenvalue weighted by molar-refractivity contribution is 8.00. The number of rotatable bonds is 5. The zero-order valence-corrected chi connectivity index (χ0v) is 13.3. The van der Waals surface area contributed by atoms with E-state index >= 15 is 0 Å². The molecule has 2 aliphatic rings. The van der Waals surface area contributed by atoms with Crippen LogP contribution in [0, 0.1) is 0 Å². The summed E-state index contributed by atoms with van der Waals surface area (Å²) in [7, 11) is -1.07. The largest absolute Gasteiger partial charge is 0.372 e. The predicted molar refractivity (Wildman–Crippen MR) is 79.4 cm³/mol. The SMILES string of the molecule is CNCC1CCC(CN2CCSCC2S(C)(=O)=O)O1. The summed E-state index contributed by atoms with van der Waals surface area (Å²) in [6.07, 6.45) is 3.91. The molecule has 2 fully saturated rings. The van der Waals surface area contributed by atoms with Crippen LogP contribution in [0.15, 0.2) is 0 Å². The van der Waals surface area contributed by atoms with Crippen molar-refractivity contribution in [2.45, 2.75) is 30.4 Å². The standard InChI is InChI=1S/C12H24N2O3S2/c1-13-7-10-3-4-11(17-10)8-14-5-6-18-9-12(14)19(2,15)16/h10-13H,3-9H2,1-2H3. The summed E-state index contributed by atoms with van der Waals surface area (Å²) >= 11 is 1.73. The second-order valence-corrected chi connectivity index (χ2v) is 8.72. The molecule has 1 N–H and O–H groups in total. The van der Waals surface area contributed by atoms with Gasteiger partial charge in [-0.15, -0.1) is 0 Å². The van der Waals surface area contributed by atoms with Gasteiger partial charge in [0.05, 0.1) is 12.2 Å². The van der Waals surface area contributed by atoms with Crippen LogP contribution >= 0.6 is 11.8 Å². The molecule has 0 aliphatic carbocycles. The van der Waals surface area contributed by atoms with E-state index in [0.717, 1.165) is 38.2 Å². The van der Waals surface area contributed by atoms with Crippen molar-refractivity contribution in [2.24, 2.45) is 0 Å². The number of thioether (sulfide) groups is 1. The molecule has 2 aliphatic heterocycles. The summed E-state index contributed by atoms with van der Waals surface area (Å²) in [5, 5.41) is 2.79. The molecular formula is C12H24N2O3S2. The van der Waals surface area contributed by atoms with Crippen molar-refractivity contribution in [3.8, 4) is 0 Å². The molecule has 0 radical (unpaired) electrons. The van der Waals surface area contributed by atoms with Crippen LogP contribution in [0.25, 0.3) is 0 Å². The van der Waals surface area contributed by atoms with Crippen LogP contribution in [-0.4, -0.2) is 75.3 Å². The molecule has 0 aromatic rings. The normalized spacial score (nSPS) is 33.7. The van der Waals surface area contributed by atoms with E-state index in [2.05, 4.69) is 10.2 Å². The predicted octanol–water partition coefficient (Wildman–Crippen LogP) is 0.173. The number of nitrogens with one attached hydrogen (secondary N) is 1. The monoisotopic (exact) mass is 308 g/mol. The van der Waals surface area contributed by atoms with Crippen LogP contribution in [0.1, 0.15) is 12.8 Å². The first kappa shape index (κ1) is 15.6. The summed E-state index contributed by atoms with van der Waals surface area (Å²) in [4.78, 5) is 2.10. The lowest BCUT2D eigenvalue weighted by molar-refractivity contribution is 0.0234. The van der Waals surface area contributed by atoms with Gasteiger partial charge in [-0.1, -0.05) is 0 Å². The molecule has 7 heteroatoms. The Morgan fingerprint density at radius 2 is 2.11 bits per heavy atom. The Bertz CT molecular complexity index is 388. The average Bonchev–Trinajstić information content (AvgIpc) is 2.76. The van der Waals surface area contributed by atoms with E-state index < -0.39 is 9.84 Å². The molecule has 112 valence electrons. The van der Waals surface area contributed by atoms with Crippen molar-refractivity contribution < 1.29 is 13.2 Å². The van der Waals surface area contributed by atoms with Crippen LogP contribution in [0.2, 0.25) is 0 Å².